The SMILES string of the molecule is CCCCOC(C(=O)N[C@@H](CCS(=O)(=O)O)C(=O)OCC)c1ccccc1. The molecule has 1 amide bonds. The topological polar surface area (TPSA) is 119 Å². The van der Waals surface area contributed by atoms with E-state index >= 15 is 0 Å². The van der Waals surface area contributed by atoms with E-state index in [0.717, 1.165) is 12.8 Å². The Labute approximate surface area is 160 Å². The van der Waals surface area contributed by atoms with Crippen LogP contribution in [0.2, 0.25) is 0 Å². The number of amides is 1. The summed E-state index contributed by atoms with van der Waals surface area (Å²) in [4.78, 5) is 24.8. The fourth-order valence-electron chi connectivity index (χ4n) is 2.30. The van der Waals surface area contributed by atoms with Gasteiger partial charge in [0.2, 0.25) is 0 Å². The van der Waals surface area contributed by atoms with Gasteiger partial charge in [0, 0.05) is 6.61 Å². The fraction of sp³-hybridized carbons (Fsp3) is 0.556. The predicted octanol–water partition coefficient (Wildman–Crippen LogP) is 1.87. The summed E-state index contributed by atoms with van der Waals surface area (Å²) >= 11 is 0. The number of rotatable bonds is 12. The average Bonchev–Trinajstić information content (AvgIpc) is 2.62. The molecule has 1 unspecified atom stereocenters. The number of ether oxygens (including phenoxy) is 2. The van der Waals surface area contributed by atoms with Gasteiger partial charge in [-0.25, -0.2) is 4.79 Å². The molecule has 0 aliphatic rings. The monoisotopic (exact) mass is 401 g/mol. The van der Waals surface area contributed by atoms with Gasteiger partial charge in [-0.05, 0) is 25.3 Å². The second-order valence-corrected chi connectivity index (χ2v) is 7.48. The van der Waals surface area contributed by atoms with Crippen LogP contribution in [-0.2, 0) is 29.2 Å². The molecular weight excluding hydrogens is 374 g/mol. The summed E-state index contributed by atoms with van der Waals surface area (Å²) in [5, 5.41) is 2.49. The van der Waals surface area contributed by atoms with Crippen molar-refractivity contribution >= 4 is 22.0 Å². The molecule has 27 heavy (non-hydrogen) atoms. The van der Waals surface area contributed by atoms with Crippen molar-refractivity contribution in [3.05, 3.63) is 35.9 Å². The molecule has 0 aliphatic heterocycles. The van der Waals surface area contributed by atoms with E-state index in [-0.39, 0.29) is 13.0 Å². The summed E-state index contributed by atoms with van der Waals surface area (Å²) in [6.07, 6.45) is 0.407. The number of carbonyl (C=O) groups is 2. The Morgan fingerprint density at radius 2 is 1.85 bits per heavy atom. The summed E-state index contributed by atoms with van der Waals surface area (Å²) < 4.78 is 41.5. The van der Waals surface area contributed by atoms with Gasteiger partial charge in [0.05, 0.1) is 12.4 Å². The first kappa shape index (κ1) is 23.1. The normalized spacial score (nSPS) is 13.6. The second-order valence-electron chi connectivity index (χ2n) is 5.90. The van der Waals surface area contributed by atoms with Gasteiger partial charge in [-0.15, -0.1) is 0 Å². The van der Waals surface area contributed by atoms with E-state index in [1.54, 1.807) is 37.3 Å². The first-order valence-corrected chi connectivity index (χ1v) is 10.5. The number of hydrogen-bond acceptors (Lipinski definition) is 6. The van der Waals surface area contributed by atoms with E-state index in [0.29, 0.717) is 12.2 Å². The Morgan fingerprint density at radius 3 is 2.41 bits per heavy atom. The van der Waals surface area contributed by atoms with Crippen LogP contribution in [0.25, 0.3) is 0 Å². The third-order valence-corrected chi connectivity index (χ3v) is 4.43. The van der Waals surface area contributed by atoms with Crippen molar-refractivity contribution in [2.24, 2.45) is 0 Å². The summed E-state index contributed by atoms with van der Waals surface area (Å²) in [7, 11) is -4.28. The van der Waals surface area contributed by atoms with Gasteiger partial charge >= 0.3 is 5.97 Å². The van der Waals surface area contributed by atoms with Gasteiger partial charge in [-0.1, -0.05) is 43.7 Å². The minimum Gasteiger partial charge on any atom is -0.464 e. The lowest BCUT2D eigenvalue weighted by Gasteiger charge is -2.22. The van der Waals surface area contributed by atoms with Crippen molar-refractivity contribution < 1.29 is 32.0 Å². The molecule has 1 aromatic rings. The molecule has 9 heteroatoms. The molecule has 8 nitrogen and oxygen atoms in total. The minimum absolute atomic E-state index is 0.0756. The second kappa shape index (κ2) is 11.7. The van der Waals surface area contributed by atoms with Crippen LogP contribution in [0.3, 0.4) is 0 Å². The standard InChI is InChI=1S/C18H27NO7S/c1-3-5-12-26-16(14-9-7-6-8-10-14)17(20)19-15(18(21)25-4-2)11-13-27(22,23)24/h6-10,15-16H,3-5,11-13H2,1-2H3,(H,19,20)(H,22,23,24)/t15-,16?/m0/s1. The Balaban J connectivity index is 2.92. The zero-order valence-corrected chi connectivity index (χ0v) is 16.4. The van der Waals surface area contributed by atoms with E-state index in [1.807, 2.05) is 6.92 Å². The maximum atomic E-state index is 12.7. The molecule has 0 bridgehead atoms. The quantitative estimate of drug-likeness (QED) is 0.312. The smallest absolute Gasteiger partial charge is 0.328 e. The number of carbonyl (C=O) groups excluding carboxylic acids is 2. The van der Waals surface area contributed by atoms with Crippen LogP contribution in [0.4, 0.5) is 0 Å². The average molecular weight is 401 g/mol. The van der Waals surface area contributed by atoms with Gasteiger partial charge in [0.15, 0.2) is 6.10 Å². The molecule has 0 radical (unpaired) electrons. The van der Waals surface area contributed by atoms with E-state index < -0.39 is 39.9 Å². The molecule has 0 aliphatic carbocycles. The van der Waals surface area contributed by atoms with Crippen LogP contribution in [0.5, 0.6) is 0 Å². The van der Waals surface area contributed by atoms with Crippen LogP contribution in [0.15, 0.2) is 30.3 Å². The third-order valence-electron chi connectivity index (χ3n) is 3.67. The van der Waals surface area contributed by atoms with Crippen LogP contribution in [0, 0.1) is 0 Å². The zero-order valence-electron chi connectivity index (χ0n) is 15.6. The maximum absolute atomic E-state index is 12.7. The number of nitrogens with one attached hydrogen (secondary N) is 1. The third kappa shape index (κ3) is 8.98. The Bertz CT molecular complexity index is 691. The minimum atomic E-state index is -4.28. The molecule has 2 N–H and O–H groups in total. The number of esters is 1. The molecule has 2 atom stereocenters. The summed E-state index contributed by atoms with van der Waals surface area (Å²) in [6.45, 7) is 4.03. The van der Waals surface area contributed by atoms with Crippen LogP contribution >= 0.6 is 0 Å². The van der Waals surface area contributed by atoms with E-state index in [9.17, 15) is 18.0 Å². The lowest BCUT2D eigenvalue weighted by atomic mass is 10.1. The summed E-state index contributed by atoms with van der Waals surface area (Å²) in [5.74, 6) is -2.02. The van der Waals surface area contributed by atoms with Gasteiger partial charge in [0.25, 0.3) is 16.0 Å². The van der Waals surface area contributed by atoms with Crippen LogP contribution < -0.4 is 5.32 Å². The molecule has 0 saturated heterocycles. The van der Waals surface area contributed by atoms with Crippen molar-refractivity contribution in [2.45, 2.75) is 45.3 Å². The lowest BCUT2D eigenvalue weighted by molar-refractivity contribution is -0.149. The van der Waals surface area contributed by atoms with Crippen molar-refractivity contribution in [2.75, 3.05) is 19.0 Å². The highest BCUT2D eigenvalue weighted by atomic mass is 32.2. The molecule has 0 fully saturated rings. The van der Waals surface area contributed by atoms with Crippen molar-refractivity contribution in [1.82, 2.24) is 5.32 Å². The van der Waals surface area contributed by atoms with Crippen molar-refractivity contribution in [3.63, 3.8) is 0 Å². The summed E-state index contributed by atoms with van der Waals surface area (Å²) in [6, 6.07) is 7.58. The van der Waals surface area contributed by atoms with Gasteiger partial charge in [-0.2, -0.15) is 8.42 Å². The highest BCUT2D eigenvalue weighted by Gasteiger charge is 2.29. The molecule has 1 rings (SSSR count). The summed E-state index contributed by atoms with van der Waals surface area (Å²) in [5.41, 5.74) is 0.614. The van der Waals surface area contributed by atoms with Crippen molar-refractivity contribution in [3.8, 4) is 0 Å². The highest BCUT2D eigenvalue weighted by Crippen LogP contribution is 2.18. The molecule has 0 aromatic heterocycles. The first-order valence-electron chi connectivity index (χ1n) is 8.87. The Kier molecular flexibility index (Phi) is 9.98. The molecule has 0 saturated carbocycles. The number of hydrogen-bond donors (Lipinski definition) is 2. The first-order chi connectivity index (χ1) is 12.8. The van der Waals surface area contributed by atoms with E-state index in [1.165, 1.54) is 0 Å². The van der Waals surface area contributed by atoms with Crippen LogP contribution in [-0.4, -0.2) is 49.9 Å². The molecular formula is C18H27NO7S. The predicted molar refractivity (Wildman–Crippen MR) is 99.6 cm³/mol. The fourth-order valence-corrected chi connectivity index (χ4v) is 2.84. The number of unbranched alkanes of at least 4 members (excludes halogenated alkanes) is 1. The Hall–Kier alpha value is -1.97. The van der Waals surface area contributed by atoms with Crippen LogP contribution in [0.1, 0.15) is 44.8 Å². The van der Waals surface area contributed by atoms with Gasteiger partial charge in [-0.3, -0.25) is 9.35 Å². The molecule has 0 spiro atoms. The molecule has 152 valence electrons. The largest absolute Gasteiger partial charge is 0.464 e. The molecule has 1 aromatic carbocycles. The maximum Gasteiger partial charge on any atom is 0.328 e. The number of benzene rings is 1. The Morgan fingerprint density at radius 1 is 1.19 bits per heavy atom. The zero-order chi connectivity index (χ0) is 20.3. The molecule has 0 heterocycles. The lowest BCUT2D eigenvalue weighted by Crippen LogP contribution is -2.45. The van der Waals surface area contributed by atoms with Crippen molar-refractivity contribution in [1.29, 1.82) is 0 Å². The van der Waals surface area contributed by atoms with Gasteiger partial charge < -0.3 is 14.8 Å². The highest BCUT2D eigenvalue weighted by molar-refractivity contribution is 7.85. The van der Waals surface area contributed by atoms with E-state index in [4.69, 9.17) is 14.0 Å². The van der Waals surface area contributed by atoms with Gasteiger partial charge in [0.1, 0.15) is 6.04 Å². The van der Waals surface area contributed by atoms with E-state index in [2.05, 4.69) is 5.32 Å².